The van der Waals surface area contributed by atoms with Gasteiger partial charge >= 0.3 is 0 Å². The minimum atomic E-state index is -0.312. The molecule has 3 rings (SSSR count). The van der Waals surface area contributed by atoms with E-state index >= 15 is 0 Å². The summed E-state index contributed by atoms with van der Waals surface area (Å²) in [5.74, 6) is 0.219. The van der Waals surface area contributed by atoms with Crippen LogP contribution >= 0.6 is 0 Å². The molecule has 0 radical (unpaired) electrons. The molecule has 0 saturated carbocycles. The van der Waals surface area contributed by atoms with E-state index in [9.17, 15) is 14.4 Å². The molecule has 1 aromatic heterocycles. The highest BCUT2D eigenvalue weighted by molar-refractivity contribution is 5.94. The van der Waals surface area contributed by atoms with E-state index < -0.39 is 0 Å². The largest absolute Gasteiger partial charge is 0.492 e. The zero-order chi connectivity index (χ0) is 22.2. The first-order valence-corrected chi connectivity index (χ1v) is 9.80. The van der Waals surface area contributed by atoms with E-state index in [2.05, 4.69) is 10.4 Å². The Bertz CT molecular complexity index is 1090. The fraction of sp³-hybridized carbons (Fsp3) is 0.217. The molecule has 0 aliphatic carbocycles. The quantitative estimate of drug-likeness (QED) is 0.601. The summed E-state index contributed by atoms with van der Waals surface area (Å²) in [6.45, 7) is 0.812. The Morgan fingerprint density at radius 3 is 2.42 bits per heavy atom. The fourth-order valence-electron chi connectivity index (χ4n) is 2.94. The van der Waals surface area contributed by atoms with E-state index in [0.717, 1.165) is 5.56 Å². The van der Waals surface area contributed by atoms with E-state index in [1.54, 1.807) is 38.4 Å². The number of para-hydroxylation sites is 1. The van der Waals surface area contributed by atoms with Gasteiger partial charge in [-0.3, -0.25) is 14.4 Å². The van der Waals surface area contributed by atoms with Gasteiger partial charge in [-0.2, -0.15) is 5.10 Å². The average molecular weight is 420 g/mol. The van der Waals surface area contributed by atoms with Crippen molar-refractivity contribution in [2.75, 3.05) is 20.7 Å². The van der Waals surface area contributed by atoms with E-state index in [0.29, 0.717) is 17.9 Å². The Morgan fingerprint density at radius 2 is 1.74 bits per heavy atom. The monoisotopic (exact) mass is 420 g/mol. The number of carbonyl (C=O) groups excluding carboxylic acids is 2. The number of amides is 2. The van der Waals surface area contributed by atoms with Crippen LogP contribution in [0.2, 0.25) is 0 Å². The molecule has 8 nitrogen and oxygen atoms in total. The minimum absolute atomic E-state index is 0.168. The highest BCUT2D eigenvalue weighted by Gasteiger charge is 2.15. The number of rotatable bonds is 8. The van der Waals surface area contributed by atoms with Crippen LogP contribution in [0.25, 0.3) is 0 Å². The summed E-state index contributed by atoms with van der Waals surface area (Å²) in [7, 11) is 3.23. The summed E-state index contributed by atoms with van der Waals surface area (Å²) < 4.78 is 6.83. The van der Waals surface area contributed by atoms with Crippen LogP contribution in [0.15, 0.2) is 71.5 Å². The van der Waals surface area contributed by atoms with Gasteiger partial charge in [0.1, 0.15) is 18.1 Å². The molecule has 0 fully saturated rings. The lowest BCUT2D eigenvalue weighted by atomic mass is 10.1. The maximum absolute atomic E-state index is 12.8. The first kappa shape index (κ1) is 21.8. The zero-order valence-electron chi connectivity index (χ0n) is 17.4. The molecular formula is C23H24N4O4. The van der Waals surface area contributed by atoms with Crippen LogP contribution in [0.1, 0.15) is 26.4 Å². The second-order valence-corrected chi connectivity index (χ2v) is 6.88. The van der Waals surface area contributed by atoms with Gasteiger partial charge in [0.05, 0.1) is 6.54 Å². The van der Waals surface area contributed by atoms with E-state index in [-0.39, 0.29) is 36.2 Å². The van der Waals surface area contributed by atoms with Gasteiger partial charge in [0.15, 0.2) is 0 Å². The molecule has 8 heteroatoms. The second-order valence-electron chi connectivity index (χ2n) is 6.88. The number of hydrogen-bond donors (Lipinski definition) is 1. The summed E-state index contributed by atoms with van der Waals surface area (Å²) in [5.41, 5.74) is 1.28. The summed E-state index contributed by atoms with van der Waals surface area (Å²) in [6.07, 6.45) is 0. The van der Waals surface area contributed by atoms with Gasteiger partial charge in [-0.15, -0.1) is 0 Å². The highest BCUT2D eigenvalue weighted by atomic mass is 16.5. The van der Waals surface area contributed by atoms with Gasteiger partial charge in [-0.1, -0.05) is 30.3 Å². The average Bonchev–Trinajstić information content (AvgIpc) is 2.80. The SMILES string of the molecule is CNC(=O)c1ccc(CN(C)C(=O)c2ccc(=O)n(CCOc3ccccc3)n2)cc1. The van der Waals surface area contributed by atoms with Crippen molar-refractivity contribution in [3.63, 3.8) is 0 Å². The molecule has 160 valence electrons. The maximum Gasteiger partial charge on any atom is 0.274 e. The third kappa shape index (κ3) is 5.79. The topological polar surface area (TPSA) is 93.5 Å². The van der Waals surface area contributed by atoms with E-state index in [1.165, 1.54) is 21.7 Å². The van der Waals surface area contributed by atoms with Crippen molar-refractivity contribution < 1.29 is 14.3 Å². The molecule has 2 amide bonds. The fourth-order valence-corrected chi connectivity index (χ4v) is 2.94. The van der Waals surface area contributed by atoms with Crippen LogP contribution in [0.5, 0.6) is 5.75 Å². The van der Waals surface area contributed by atoms with Crippen LogP contribution in [0.3, 0.4) is 0 Å². The normalized spacial score (nSPS) is 10.4. The minimum Gasteiger partial charge on any atom is -0.492 e. The van der Waals surface area contributed by atoms with Gasteiger partial charge in [-0.05, 0) is 35.9 Å². The Morgan fingerprint density at radius 1 is 1.03 bits per heavy atom. The van der Waals surface area contributed by atoms with E-state index in [4.69, 9.17) is 4.74 Å². The third-order valence-corrected chi connectivity index (χ3v) is 4.61. The zero-order valence-corrected chi connectivity index (χ0v) is 17.4. The summed E-state index contributed by atoms with van der Waals surface area (Å²) >= 11 is 0. The Hall–Kier alpha value is -3.94. The van der Waals surface area contributed by atoms with Crippen molar-refractivity contribution in [1.82, 2.24) is 20.0 Å². The molecule has 0 unspecified atom stereocenters. The smallest absolute Gasteiger partial charge is 0.274 e. The number of carbonyl (C=O) groups is 2. The standard InChI is InChI=1S/C23H24N4O4/c1-24-22(29)18-10-8-17(9-11-18)16-26(2)23(30)20-12-13-21(28)27(25-20)14-15-31-19-6-4-3-5-7-19/h3-13H,14-16H2,1-2H3,(H,24,29). The molecule has 31 heavy (non-hydrogen) atoms. The lowest BCUT2D eigenvalue weighted by Crippen LogP contribution is -2.31. The number of nitrogens with one attached hydrogen (secondary N) is 1. The molecule has 0 aliphatic rings. The lowest BCUT2D eigenvalue weighted by molar-refractivity contribution is 0.0775. The Labute approximate surface area is 180 Å². The Kier molecular flexibility index (Phi) is 7.16. The summed E-state index contributed by atoms with van der Waals surface area (Å²) in [5, 5.41) is 6.76. The molecule has 2 aromatic carbocycles. The van der Waals surface area contributed by atoms with Crippen molar-refractivity contribution in [3.05, 3.63) is 93.9 Å². The third-order valence-electron chi connectivity index (χ3n) is 4.61. The van der Waals surface area contributed by atoms with Crippen molar-refractivity contribution in [1.29, 1.82) is 0 Å². The number of benzene rings is 2. The number of hydrogen-bond acceptors (Lipinski definition) is 5. The number of aromatic nitrogens is 2. The van der Waals surface area contributed by atoms with Gasteiger partial charge in [-0.25, -0.2) is 4.68 Å². The summed E-state index contributed by atoms with van der Waals surface area (Å²) in [4.78, 5) is 38.0. The molecule has 1 N–H and O–H groups in total. The highest BCUT2D eigenvalue weighted by Crippen LogP contribution is 2.10. The first-order chi connectivity index (χ1) is 15.0. The van der Waals surface area contributed by atoms with E-state index in [1.807, 2.05) is 30.3 Å². The lowest BCUT2D eigenvalue weighted by Gasteiger charge is -2.17. The van der Waals surface area contributed by atoms with Crippen LogP contribution in [0, 0.1) is 0 Å². The van der Waals surface area contributed by atoms with Gasteiger partial charge in [0.2, 0.25) is 0 Å². The van der Waals surface area contributed by atoms with Gasteiger partial charge in [0, 0.05) is 32.3 Å². The van der Waals surface area contributed by atoms with Crippen LogP contribution in [-0.4, -0.2) is 47.2 Å². The molecule has 0 bridgehead atoms. The predicted molar refractivity (Wildman–Crippen MR) is 116 cm³/mol. The predicted octanol–water partition coefficient (Wildman–Crippen LogP) is 1.95. The second kappa shape index (κ2) is 10.2. The number of ether oxygens (including phenoxy) is 1. The van der Waals surface area contributed by atoms with Gasteiger partial charge < -0.3 is 15.0 Å². The summed E-state index contributed by atoms with van der Waals surface area (Å²) in [6, 6.07) is 19.0. The molecule has 3 aromatic rings. The molecule has 1 heterocycles. The maximum atomic E-state index is 12.8. The van der Waals surface area contributed by atoms with Crippen molar-refractivity contribution in [2.24, 2.45) is 0 Å². The van der Waals surface area contributed by atoms with Crippen LogP contribution < -0.4 is 15.6 Å². The Balaban J connectivity index is 1.63. The molecule has 0 atom stereocenters. The molecule has 0 spiro atoms. The van der Waals surface area contributed by atoms with Gasteiger partial charge in [0.25, 0.3) is 17.4 Å². The molecular weight excluding hydrogens is 396 g/mol. The molecule has 0 aliphatic heterocycles. The number of nitrogens with zero attached hydrogens (tertiary/aromatic N) is 3. The first-order valence-electron chi connectivity index (χ1n) is 9.80. The van der Waals surface area contributed by atoms with Crippen molar-refractivity contribution in [3.8, 4) is 5.75 Å². The van der Waals surface area contributed by atoms with Crippen molar-refractivity contribution in [2.45, 2.75) is 13.1 Å². The van der Waals surface area contributed by atoms with Crippen LogP contribution in [-0.2, 0) is 13.1 Å². The van der Waals surface area contributed by atoms with Crippen molar-refractivity contribution >= 4 is 11.8 Å². The van der Waals surface area contributed by atoms with Crippen LogP contribution in [0.4, 0.5) is 0 Å². The molecule has 0 saturated heterocycles.